The summed E-state index contributed by atoms with van der Waals surface area (Å²) in [7, 11) is 1.56. The second-order valence-corrected chi connectivity index (χ2v) is 8.96. The zero-order chi connectivity index (χ0) is 26.8. The minimum atomic E-state index is -0.821. The molecular formula is C29H33N3O5. The SMILES string of the molecule is CC[C@@H](C)NC(=O)[C@H](Cc1ccccc1)N(Cc1cccc(OC)c1)C(=O)Cc1ccccc1[N+](=O)[O-]. The number of carbonyl (C=O) groups excluding carboxylic acids is 2. The number of nitrogens with zero attached hydrogens (tertiary/aromatic N) is 2. The van der Waals surface area contributed by atoms with Crippen molar-refractivity contribution in [3.05, 3.63) is 106 Å². The van der Waals surface area contributed by atoms with E-state index in [2.05, 4.69) is 5.32 Å². The van der Waals surface area contributed by atoms with Gasteiger partial charge in [-0.05, 0) is 36.6 Å². The first-order valence-electron chi connectivity index (χ1n) is 12.3. The van der Waals surface area contributed by atoms with Crippen LogP contribution in [0.1, 0.15) is 37.0 Å². The molecule has 0 radical (unpaired) electrons. The summed E-state index contributed by atoms with van der Waals surface area (Å²) in [4.78, 5) is 40.0. The number of benzene rings is 3. The molecule has 3 aromatic rings. The molecule has 3 rings (SSSR count). The number of methoxy groups -OCH3 is 1. The Bertz CT molecular complexity index is 1210. The van der Waals surface area contributed by atoms with Gasteiger partial charge in [0, 0.05) is 30.6 Å². The number of ether oxygens (including phenoxy) is 1. The van der Waals surface area contributed by atoms with Crippen molar-refractivity contribution in [1.82, 2.24) is 10.2 Å². The van der Waals surface area contributed by atoms with Crippen LogP contribution in [0.3, 0.4) is 0 Å². The number of carbonyl (C=O) groups is 2. The summed E-state index contributed by atoms with van der Waals surface area (Å²) in [6.45, 7) is 4.03. The molecule has 8 heteroatoms. The molecule has 0 aliphatic heterocycles. The Morgan fingerprint density at radius 2 is 1.68 bits per heavy atom. The Labute approximate surface area is 217 Å². The van der Waals surface area contributed by atoms with Gasteiger partial charge in [0.05, 0.1) is 18.5 Å². The van der Waals surface area contributed by atoms with Crippen LogP contribution in [0.15, 0.2) is 78.9 Å². The van der Waals surface area contributed by atoms with Crippen molar-refractivity contribution in [3.8, 4) is 5.75 Å². The average Bonchev–Trinajstić information content (AvgIpc) is 2.91. The van der Waals surface area contributed by atoms with Crippen LogP contribution in [-0.2, 0) is 29.0 Å². The highest BCUT2D eigenvalue weighted by Crippen LogP contribution is 2.23. The minimum absolute atomic E-state index is 0.0743. The topological polar surface area (TPSA) is 102 Å². The van der Waals surface area contributed by atoms with Gasteiger partial charge in [0.15, 0.2) is 0 Å². The van der Waals surface area contributed by atoms with Crippen molar-refractivity contribution in [1.29, 1.82) is 0 Å². The fourth-order valence-electron chi connectivity index (χ4n) is 4.07. The molecular weight excluding hydrogens is 470 g/mol. The summed E-state index contributed by atoms with van der Waals surface area (Å²) in [5, 5.41) is 14.6. The Morgan fingerprint density at radius 3 is 2.35 bits per heavy atom. The number of amides is 2. The predicted octanol–water partition coefficient (Wildman–Crippen LogP) is 4.70. The predicted molar refractivity (Wildman–Crippen MR) is 142 cm³/mol. The van der Waals surface area contributed by atoms with Gasteiger partial charge in [0.2, 0.25) is 11.8 Å². The quantitative estimate of drug-likeness (QED) is 0.285. The van der Waals surface area contributed by atoms with Crippen molar-refractivity contribution < 1.29 is 19.2 Å². The molecule has 194 valence electrons. The summed E-state index contributed by atoms with van der Waals surface area (Å²) in [5.41, 5.74) is 1.86. The summed E-state index contributed by atoms with van der Waals surface area (Å²) < 4.78 is 5.35. The molecule has 0 heterocycles. The lowest BCUT2D eigenvalue weighted by molar-refractivity contribution is -0.385. The molecule has 0 aliphatic rings. The number of nitro benzene ring substituents is 1. The lowest BCUT2D eigenvalue weighted by atomic mass is 10.0. The van der Waals surface area contributed by atoms with Gasteiger partial charge in [0.25, 0.3) is 5.69 Å². The van der Waals surface area contributed by atoms with Crippen LogP contribution in [0.25, 0.3) is 0 Å². The smallest absolute Gasteiger partial charge is 0.273 e. The van der Waals surface area contributed by atoms with Crippen LogP contribution in [-0.4, -0.2) is 40.8 Å². The first-order chi connectivity index (χ1) is 17.8. The highest BCUT2D eigenvalue weighted by molar-refractivity contribution is 5.89. The molecule has 2 atom stereocenters. The maximum atomic E-state index is 13.8. The summed E-state index contributed by atoms with van der Waals surface area (Å²) in [6, 6.07) is 22.1. The summed E-state index contributed by atoms with van der Waals surface area (Å²) in [5.74, 6) is -0.0124. The molecule has 1 N–H and O–H groups in total. The molecule has 0 saturated carbocycles. The Morgan fingerprint density at radius 1 is 1.00 bits per heavy atom. The monoisotopic (exact) mass is 503 g/mol. The summed E-state index contributed by atoms with van der Waals surface area (Å²) >= 11 is 0. The van der Waals surface area contributed by atoms with E-state index >= 15 is 0 Å². The third-order valence-electron chi connectivity index (χ3n) is 6.29. The van der Waals surface area contributed by atoms with Gasteiger partial charge in [0.1, 0.15) is 11.8 Å². The first-order valence-corrected chi connectivity index (χ1v) is 12.3. The van der Waals surface area contributed by atoms with Crippen LogP contribution in [0.2, 0.25) is 0 Å². The van der Waals surface area contributed by atoms with Crippen molar-refractivity contribution >= 4 is 17.5 Å². The minimum Gasteiger partial charge on any atom is -0.497 e. The molecule has 0 spiro atoms. The van der Waals surface area contributed by atoms with Gasteiger partial charge < -0.3 is 15.0 Å². The molecule has 0 saturated heterocycles. The second-order valence-electron chi connectivity index (χ2n) is 8.96. The Balaban J connectivity index is 2.03. The number of hydrogen-bond donors (Lipinski definition) is 1. The maximum Gasteiger partial charge on any atom is 0.273 e. The van der Waals surface area contributed by atoms with E-state index in [0.29, 0.717) is 17.7 Å². The van der Waals surface area contributed by atoms with E-state index in [1.807, 2.05) is 62.4 Å². The molecule has 2 amide bonds. The Hall–Kier alpha value is -4.20. The van der Waals surface area contributed by atoms with Crippen LogP contribution in [0, 0.1) is 10.1 Å². The van der Waals surface area contributed by atoms with E-state index in [-0.39, 0.29) is 36.5 Å². The highest BCUT2D eigenvalue weighted by atomic mass is 16.6. The van der Waals surface area contributed by atoms with Crippen molar-refractivity contribution in [2.45, 2.75) is 51.7 Å². The van der Waals surface area contributed by atoms with E-state index in [1.165, 1.54) is 11.0 Å². The van der Waals surface area contributed by atoms with E-state index in [4.69, 9.17) is 4.74 Å². The van der Waals surface area contributed by atoms with Crippen LogP contribution in [0.4, 0.5) is 5.69 Å². The van der Waals surface area contributed by atoms with Gasteiger partial charge in [-0.2, -0.15) is 0 Å². The fourth-order valence-corrected chi connectivity index (χ4v) is 4.07. The van der Waals surface area contributed by atoms with Gasteiger partial charge in [-0.25, -0.2) is 0 Å². The average molecular weight is 504 g/mol. The first kappa shape index (κ1) is 27.4. The van der Waals surface area contributed by atoms with Crippen LogP contribution < -0.4 is 10.1 Å². The third kappa shape index (κ3) is 7.64. The highest BCUT2D eigenvalue weighted by Gasteiger charge is 2.32. The number of rotatable bonds is 12. The molecule has 0 fully saturated rings. The number of hydrogen-bond acceptors (Lipinski definition) is 5. The fraction of sp³-hybridized carbons (Fsp3) is 0.310. The number of nitro groups is 1. The number of para-hydroxylation sites is 1. The molecule has 0 unspecified atom stereocenters. The largest absolute Gasteiger partial charge is 0.497 e. The molecule has 0 aliphatic carbocycles. The van der Waals surface area contributed by atoms with Crippen molar-refractivity contribution in [2.75, 3.05) is 7.11 Å². The van der Waals surface area contributed by atoms with E-state index < -0.39 is 11.0 Å². The van der Waals surface area contributed by atoms with Crippen molar-refractivity contribution in [3.63, 3.8) is 0 Å². The van der Waals surface area contributed by atoms with Gasteiger partial charge in [-0.15, -0.1) is 0 Å². The van der Waals surface area contributed by atoms with E-state index in [1.54, 1.807) is 31.4 Å². The van der Waals surface area contributed by atoms with E-state index in [0.717, 1.165) is 17.5 Å². The molecule has 37 heavy (non-hydrogen) atoms. The molecule has 3 aromatic carbocycles. The van der Waals surface area contributed by atoms with Gasteiger partial charge in [-0.3, -0.25) is 19.7 Å². The van der Waals surface area contributed by atoms with E-state index in [9.17, 15) is 19.7 Å². The summed E-state index contributed by atoms with van der Waals surface area (Å²) in [6.07, 6.45) is 0.836. The van der Waals surface area contributed by atoms with Gasteiger partial charge >= 0.3 is 0 Å². The molecule has 0 bridgehead atoms. The number of nitrogens with one attached hydrogen (secondary N) is 1. The molecule has 8 nitrogen and oxygen atoms in total. The maximum absolute atomic E-state index is 13.8. The third-order valence-corrected chi connectivity index (χ3v) is 6.29. The lowest BCUT2D eigenvalue weighted by Gasteiger charge is -2.32. The lowest BCUT2D eigenvalue weighted by Crippen LogP contribution is -2.52. The zero-order valence-corrected chi connectivity index (χ0v) is 21.4. The Kier molecular flexibility index (Phi) is 9.77. The molecule has 0 aromatic heterocycles. The van der Waals surface area contributed by atoms with Crippen molar-refractivity contribution in [2.24, 2.45) is 0 Å². The van der Waals surface area contributed by atoms with Crippen LogP contribution >= 0.6 is 0 Å². The zero-order valence-electron chi connectivity index (χ0n) is 21.4. The van der Waals surface area contributed by atoms with Gasteiger partial charge in [-0.1, -0.05) is 67.6 Å². The van der Waals surface area contributed by atoms with Crippen LogP contribution in [0.5, 0.6) is 5.75 Å². The standard InChI is InChI=1S/C29H33N3O5/c1-4-21(2)30-29(34)27(18-22-11-6-5-7-12-22)31(20-23-13-10-15-25(17-23)37-3)28(33)19-24-14-8-9-16-26(24)32(35)36/h5-17,21,27H,4,18-20H2,1-3H3,(H,30,34)/t21-,27+/m1/s1. The second kappa shape index (κ2) is 13.2. The normalized spacial score (nSPS) is 12.3.